The first-order chi connectivity index (χ1) is 15.7. The minimum atomic E-state index is -0.113. The summed E-state index contributed by atoms with van der Waals surface area (Å²) < 4.78 is 7.33. The molecule has 3 aromatic carbocycles. The van der Waals surface area contributed by atoms with Crippen molar-refractivity contribution in [2.45, 2.75) is 18.9 Å². The molecule has 1 unspecified atom stereocenters. The number of halogens is 1. The summed E-state index contributed by atoms with van der Waals surface area (Å²) in [4.78, 5) is 12.8. The van der Waals surface area contributed by atoms with E-state index in [1.807, 2.05) is 36.4 Å². The number of methoxy groups -OCH3 is 1. The Morgan fingerprint density at radius 2 is 1.81 bits per heavy atom. The van der Waals surface area contributed by atoms with Gasteiger partial charge in [0.15, 0.2) is 0 Å². The molecule has 0 saturated heterocycles. The smallest absolute Gasteiger partial charge is 0.221 e. The third-order valence-corrected chi connectivity index (χ3v) is 5.89. The summed E-state index contributed by atoms with van der Waals surface area (Å²) in [6.45, 7) is 1.75. The fourth-order valence-corrected chi connectivity index (χ4v) is 4.34. The van der Waals surface area contributed by atoms with Crippen LogP contribution in [0.2, 0.25) is 5.02 Å². The van der Waals surface area contributed by atoms with Crippen LogP contribution in [0.25, 0.3) is 10.9 Å². The van der Waals surface area contributed by atoms with Crippen molar-refractivity contribution < 1.29 is 9.53 Å². The molecule has 4 nitrogen and oxygen atoms in total. The molecule has 0 saturated carbocycles. The van der Waals surface area contributed by atoms with Gasteiger partial charge in [0.1, 0.15) is 0 Å². The summed E-state index contributed by atoms with van der Waals surface area (Å²) >= 11 is 6.32. The van der Waals surface area contributed by atoms with Crippen molar-refractivity contribution in [2.24, 2.45) is 0 Å². The number of rotatable bonds is 9. The summed E-state index contributed by atoms with van der Waals surface area (Å²) in [7, 11) is 1.63. The van der Waals surface area contributed by atoms with E-state index in [0.717, 1.165) is 28.6 Å². The molecule has 0 fully saturated rings. The molecule has 1 aromatic heterocycles. The van der Waals surface area contributed by atoms with E-state index < -0.39 is 0 Å². The van der Waals surface area contributed by atoms with Gasteiger partial charge in [-0.05, 0) is 34.9 Å². The Morgan fingerprint density at radius 3 is 2.59 bits per heavy atom. The standard InChI is InChI=1S/C27H27ClN2O2/c1-32-15-14-29-27(31)17-24(21-10-7-11-22(28)16-21)25-19-30(18-20-8-3-2-4-9-20)26-13-6-5-12-23(25)26/h2-13,16,19,24H,14-15,17-18H2,1H3,(H,29,31). The van der Waals surface area contributed by atoms with E-state index in [-0.39, 0.29) is 11.8 Å². The second-order valence-electron chi connectivity index (χ2n) is 7.87. The maximum absolute atomic E-state index is 12.8. The van der Waals surface area contributed by atoms with Gasteiger partial charge in [-0.3, -0.25) is 4.79 Å². The fourth-order valence-electron chi connectivity index (χ4n) is 4.14. The number of carbonyl (C=O) groups is 1. The normalized spacial score (nSPS) is 12.1. The number of aromatic nitrogens is 1. The van der Waals surface area contributed by atoms with Gasteiger partial charge >= 0.3 is 0 Å². The van der Waals surface area contributed by atoms with E-state index in [2.05, 4.69) is 58.5 Å². The van der Waals surface area contributed by atoms with Crippen LogP contribution in [0.4, 0.5) is 0 Å². The molecule has 4 aromatic rings. The first-order valence-corrected chi connectivity index (χ1v) is 11.2. The monoisotopic (exact) mass is 446 g/mol. The molecule has 0 aliphatic heterocycles. The summed E-state index contributed by atoms with van der Waals surface area (Å²) in [6.07, 6.45) is 2.52. The molecule has 0 aliphatic rings. The highest BCUT2D eigenvalue weighted by Crippen LogP contribution is 2.36. The van der Waals surface area contributed by atoms with Gasteiger partial charge in [0.2, 0.25) is 5.91 Å². The van der Waals surface area contributed by atoms with Crippen LogP contribution in [0.3, 0.4) is 0 Å². The average molecular weight is 447 g/mol. The lowest BCUT2D eigenvalue weighted by Gasteiger charge is -2.17. The summed E-state index contributed by atoms with van der Waals surface area (Å²) in [5, 5.41) is 4.78. The number of nitrogens with zero attached hydrogens (tertiary/aromatic N) is 1. The van der Waals surface area contributed by atoms with E-state index >= 15 is 0 Å². The number of fused-ring (bicyclic) bond motifs is 1. The third kappa shape index (κ3) is 5.21. The van der Waals surface area contributed by atoms with Crippen LogP contribution in [0.15, 0.2) is 85.1 Å². The van der Waals surface area contributed by atoms with Gasteiger partial charge in [-0.1, -0.05) is 72.3 Å². The molecular weight excluding hydrogens is 420 g/mol. The molecule has 0 radical (unpaired) electrons. The van der Waals surface area contributed by atoms with Crippen molar-refractivity contribution in [1.82, 2.24) is 9.88 Å². The number of hydrogen-bond donors (Lipinski definition) is 1. The number of hydrogen-bond acceptors (Lipinski definition) is 2. The highest BCUT2D eigenvalue weighted by molar-refractivity contribution is 6.30. The van der Waals surface area contributed by atoms with E-state index in [1.54, 1.807) is 7.11 Å². The molecule has 0 aliphatic carbocycles. The first kappa shape index (κ1) is 22.1. The van der Waals surface area contributed by atoms with E-state index in [1.165, 1.54) is 5.56 Å². The predicted molar refractivity (Wildman–Crippen MR) is 130 cm³/mol. The highest BCUT2D eigenvalue weighted by atomic mass is 35.5. The van der Waals surface area contributed by atoms with E-state index in [9.17, 15) is 4.79 Å². The third-order valence-electron chi connectivity index (χ3n) is 5.66. The first-order valence-electron chi connectivity index (χ1n) is 10.8. The highest BCUT2D eigenvalue weighted by Gasteiger charge is 2.23. The number of ether oxygens (including phenoxy) is 1. The maximum Gasteiger partial charge on any atom is 0.221 e. The Kier molecular flexibility index (Phi) is 7.25. The van der Waals surface area contributed by atoms with E-state index in [4.69, 9.17) is 16.3 Å². The number of carbonyl (C=O) groups excluding carboxylic acids is 1. The molecule has 164 valence electrons. The predicted octanol–water partition coefficient (Wildman–Crippen LogP) is 5.63. The van der Waals surface area contributed by atoms with Crippen LogP contribution in [0.5, 0.6) is 0 Å². The van der Waals surface area contributed by atoms with Crippen molar-refractivity contribution in [3.05, 3.63) is 107 Å². The molecular formula is C27H27ClN2O2. The molecule has 0 spiro atoms. The van der Waals surface area contributed by atoms with Gasteiger partial charge in [-0.25, -0.2) is 0 Å². The number of amides is 1. The van der Waals surface area contributed by atoms with Crippen LogP contribution < -0.4 is 5.32 Å². The van der Waals surface area contributed by atoms with Gasteiger partial charge < -0.3 is 14.6 Å². The van der Waals surface area contributed by atoms with Crippen LogP contribution in [0, 0.1) is 0 Å². The van der Waals surface area contributed by atoms with Gasteiger partial charge in [-0.15, -0.1) is 0 Å². The van der Waals surface area contributed by atoms with Gasteiger partial charge in [0, 0.05) is 54.7 Å². The lowest BCUT2D eigenvalue weighted by atomic mass is 9.88. The second-order valence-corrected chi connectivity index (χ2v) is 8.31. The zero-order valence-corrected chi connectivity index (χ0v) is 18.9. The number of para-hydroxylation sites is 1. The Balaban J connectivity index is 1.74. The van der Waals surface area contributed by atoms with Gasteiger partial charge in [0.05, 0.1) is 6.61 Å². The average Bonchev–Trinajstić information content (AvgIpc) is 3.16. The van der Waals surface area contributed by atoms with Crippen molar-refractivity contribution in [3.63, 3.8) is 0 Å². The minimum Gasteiger partial charge on any atom is -0.383 e. The molecule has 1 N–H and O–H groups in total. The lowest BCUT2D eigenvalue weighted by molar-refractivity contribution is -0.121. The fraction of sp³-hybridized carbons (Fsp3) is 0.222. The zero-order chi connectivity index (χ0) is 22.3. The largest absolute Gasteiger partial charge is 0.383 e. The lowest BCUT2D eigenvalue weighted by Crippen LogP contribution is -2.28. The zero-order valence-electron chi connectivity index (χ0n) is 18.1. The molecule has 1 atom stereocenters. The molecule has 1 heterocycles. The number of nitrogens with one attached hydrogen (secondary N) is 1. The second kappa shape index (κ2) is 10.5. The van der Waals surface area contributed by atoms with Gasteiger partial charge in [0.25, 0.3) is 0 Å². The minimum absolute atomic E-state index is 0.00749. The van der Waals surface area contributed by atoms with Crippen molar-refractivity contribution in [2.75, 3.05) is 20.3 Å². The molecule has 5 heteroatoms. The van der Waals surface area contributed by atoms with Crippen molar-refractivity contribution in [1.29, 1.82) is 0 Å². The van der Waals surface area contributed by atoms with Crippen LogP contribution in [-0.4, -0.2) is 30.7 Å². The van der Waals surface area contributed by atoms with Crippen LogP contribution in [0.1, 0.15) is 29.0 Å². The van der Waals surface area contributed by atoms with E-state index in [0.29, 0.717) is 24.6 Å². The molecule has 1 amide bonds. The van der Waals surface area contributed by atoms with Crippen LogP contribution in [-0.2, 0) is 16.1 Å². The quantitative estimate of drug-likeness (QED) is 0.339. The van der Waals surface area contributed by atoms with Crippen molar-refractivity contribution >= 4 is 28.4 Å². The Hall–Kier alpha value is -3.08. The molecule has 0 bridgehead atoms. The molecule has 4 rings (SSSR count). The molecule has 32 heavy (non-hydrogen) atoms. The Bertz CT molecular complexity index is 1190. The topological polar surface area (TPSA) is 43.3 Å². The summed E-state index contributed by atoms with van der Waals surface area (Å²) in [6, 6.07) is 26.6. The van der Waals surface area contributed by atoms with Crippen molar-refractivity contribution in [3.8, 4) is 0 Å². The Labute approximate surface area is 193 Å². The SMILES string of the molecule is COCCNC(=O)CC(c1cccc(Cl)c1)c1cn(Cc2ccccc2)c2ccccc12. The Morgan fingerprint density at radius 1 is 1.03 bits per heavy atom. The van der Waals surface area contributed by atoms with Crippen LogP contribution >= 0.6 is 11.6 Å². The number of benzene rings is 3. The van der Waals surface area contributed by atoms with Gasteiger partial charge in [-0.2, -0.15) is 0 Å². The summed E-state index contributed by atoms with van der Waals surface area (Å²) in [5.74, 6) is -0.120. The summed E-state index contributed by atoms with van der Waals surface area (Å²) in [5.41, 5.74) is 4.54. The maximum atomic E-state index is 12.8.